The van der Waals surface area contributed by atoms with Crippen molar-refractivity contribution in [3.8, 4) is 0 Å². The highest BCUT2D eigenvalue weighted by atomic mass is 16.2. The summed E-state index contributed by atoms with van der Waals surface area (Å²) >= 11 is 0. The number of likely N-dealkylation sites (tertiary alicyclic amines) is 1. The smallest absolute Gasteiger partial charge is 0.321 e. The summed E-state index contributed by atoms with van der Waals surface area (Å²) in [5.41, 5.74) is 3.49. The summed E-state index contributed by atoms with van der Waals surface area (Å²) in [6.45, 7) is 9.63. The number of nitrogens with one attached hydrogen (secondary N) is 3. The molecule has 1 unspecified atom stereocenters. The summed E-state index contributed by atoms with van der Waals surface area (Å²) < 4.78 is 0. The first-order chi connectivity index (χ1) is 16.2. The van der Waals surface area contributed by atoms with Crippen LogP contribution in [0.1, 0.15) is 48.2 Å². The van der Waals surface area contributed by atoms with E-state index in [0.717, 1.165) is 16.8 Å². The van der Waals surface area contributed by atoms with Gasteiger partial charge in [0, 0.05) is 30.9 Å². The minimum absolute atomic E-state index is 0.0509. The topological polar surface area (TPSA) is 90.5 Å². The molecule has 7 heteroatoms. The molecule has 0 aromatic heterocycles. The highest BCUT2D eigenvalue weighted by molar-refractivity contribution is 5.97. The lowest BCUT2D eigenvalue weighted by Gasteiger charge is -2.36. The molecule has 1 atom stereocenters. The average Bonchev–Trinajstić information content (AvgIpc) is 2.83. The fourth-order valence-electron chi connectivity index (χ4n) is 4.02. The van der Waals surface area contributed by atoms with E-state index >= 15 is 0 Å². The minimum atomic E-state index is -0.644. The van der Waals surface area contributed by atoms with Crippen molar-refractivity contribution < 1.29 is 14.4 Å². The normalized spacial score (nSPS) is 15.0. The third-order valence-electron chi connectivity index (χ3n) is 6.17. The fraction of sp³-hybridized carbons (Fsp3) is 0.444. The third-order valence-corrected chi connectivity index (χ3v) is 6.17. The van der Waals surface area contributed by atoms with Crippen LogP contribution in [0.5, 0.6) is 0 Å². The number of benzene rings is 2. The van der Waals surface area contributed by atoms with Crippen LogP contribution in [0.3, 0.4) is 0 Å². The van der Waals surface area contributed by atoms with Crippen LogP contribution >= 0.6 is 0 Å². The molecule has 2 aromatic rings. The van der Waals surface area contributed by atoms with E-state index in [1.165, 1.54) is 0 Å². The van der Waals surface area contributed by atoms with Gasteiger partial charge >= 0.3 is 6.03 Å². The van der Waals surface area contributed by atoms with E-state index in [9.17, 15) is 14.4 Å². The molecule has 1 heterocycles. The van der Waals surface area contributed by atoms with E-state index in [1.807, 2.05) is 64.1 Å². The SMILES string of the molecule is Cc1ccc(NC(=O)N2CCC(C(NC(=O)c3ccc(C)cc3)C(=O)NCC(C)C)CC2)cc1. The van der Waals surface area contributed by atoms with Gasteiger partial charge in [-0.2, -0.15) is 0 Å². The van der Waals surface area contributed by atoms with Crippen molar-refractivity contribution in [3.63, 3.8) is 0 Å². The van der Waals surface area contributed by atoms with Crippen LogP contribution in [0.15, 0.2) is 48.5 Å². The Kier molecular flexibility index (Phi) is 8.68. The van der Waals surface area contributed by atoms with Gasteiger partial charge in [-0.3, -0.25) is 9.59 Å². The van der Waals surface area contributed by atoms with Crippen molar-refractivity contribution >= 4 is 23.5 Å². The van der Waals surface area contributed by atoms with Crippen molar-refractivity contribution in [2.24, 2.45) is 11.8 Å². The molecule has 0 saturated carbocycles. The summed E-state index contributed by atoms with van der Waals surface area (Å²) in [5, 5.41) is 8.87. The number of piperidine rings is 1. The molecular formula is C27H36N4O3. The van der Waals surface area contributed by atoms with Gasteiger partial charge in [-0.25, -0.2) is 4.79 Å². The average molecular weight is 465 g/mol. The lowest BCUT2D eigenvalue weighted by atomic mass is 9.88. The van der Waals surface area contributed by atoms with Crippen LogP contribution in [-0.2, 0) is 4.79 Å². The Morgan fingerprint density at radius 1 is 0.912 bits per heavy atom. The monoisotopic (exact) mass is 464 g/mol. The summed E-state index contributed by atoms with van der Waals surface area (Å²) in [5.74, 6) is -0.171. The van der Waals surface area contributed by atoms with Gasteiger partial charge in [0.05, 0.1) is 0 Å². The second kappa shape index (κ2) is 11.7. The maximum atomic E-state index is 13.0. The molecule has 0 radical (unpaired) electrons. The van der Waals surface area contributed by atoms with Crippen molar-refractivity contribution in [1.29, 1.82) is 0 Å². The summed E-state index contributed by atoms with van der Waals surface area (Å²) in [4.78, 5) is 40.4. The van der Waals surface area contributed by atoms with Crippen molar-refractivity contribution in [1.82, 2.24) is 15.5 Å². The van der Waals surface area contributed by atoms with Gasteiger partial charge in [-0.1, -0.05) is 49.2 Å². The molecule has 2 aromatic carbocycles. The van der Waals surface area contributed by atoms with Gasteiger partial charge in [0.25, 0.3) is 5.91 Å². The molecular weight excluding hydrogens is 428 g/mol. The Bertz CT molecular complexity index is 978. The molecule has 4 amide bonds. The fourth-order valence-corrected chi connectivity index (χ4v) is 4.02. The minimum Gasteiger partial charge on any atom is -0.354 e. The van der Waals surface area contributed by atoms with E-state index in [1.54, 1.807) is 17.0 Å². The third kappa shape index (κ3) is 7.07. The summed E-state index contributed by atoms with van der Waals surface area (Å²) in [7, 11) is 0. The molecule has 0 aliphatic carbocycles. The molecule has 0 spiro atoms. The number of urea groups is 1. The van der Waals surface area contributed by atoms with Gasteiger partial charge in [-0.05, 0) is 62.8 Å². The van der Waals surface area contributed by atoms with E-state index in [4.69, 9.17) is 0 Å². The first kappa shape index (κ1) is 25.3. The largest absolute Gasteiger partial charge is 0.354 e. The van der Waals surface area contributed by atoms with E-state index in [2.05, 4.69) is 16.0 Å². The lowest BCUT2D eigenvalue weighted by Crippen LogP contribution is -2.54. The Balaban J connectivity index is 1.63. The second-order valence-corrected chi connectivity index (χ2v) is 9.58. The molecule has 1 saturated heterocycles. The highest BCUT2D eigenvalue weighted by Crippen LogP contribution is 2.23. The molecule has 1 aliphatic rings. The first-order valence-electron chi connectivity index (χ1n) is 12.0. The molecule has 182 valence electrons. The zero-order valence-corrected chi connectivity index (χ0v) is 20.6. The predicted octanol–water partition coefficient (Wildman–Crippen LogP) is 4.12. The molecule has 3 N–H and O–H groups in total. The number of anilines is 1. The van der Waals surface area contributed by atoms with Crippen LogP contribution in [0.2, 0.25) is 0 Å². The quantitative estimate of drug-likeness (QED) is 0.576. The van der Waals surface area contributed by atoms with Gasteiger partial charge in [0.1, 0.15) is 6.04 Å². The van der Waals surface area contributed by atoms with Gasteiger partial charge in [0.2, 0.25) is 5.91 Å². The molecule has 34 heavy (non-hydrogen) atoms. The van der Waals surface area contributed by atoms with Gasteiger partial charge in [-0.15, -0.1) is 0 Å². The van der Waals surface area contributed by atoms with Gasteiger partial charge < -0.3 is 20.9 Å². The van der Waals surface area contributed by atoms with Gasteiger partial charge in [0.15, 0.2) is 0 Å². The van der Waals surface area contributed by atoms with Crippen molar-refractivity contribution in [3.05, 3.63) is 65.2 Å². The lowest BCUT2D eigenvalue weighted by molar-refractivity contribution is -0.124. The molecule has 3 rings (SSSR count). The first-order valence-corrected chi connectivity index (χ1v) is 12.0. The number of carbonyl (C=O) groups excluding carboxylic acids is 3. The number of hydrogen-bond donors (Lipinski definition) is 3. The van der Waals surface area contributed by atoms with Crippen LogP contribution in [0.25, 0.3) is 0 Å². The number of amides is 4. The van der Waals surface area contributed by atoms with Crippen molar-refractivity contribution in [2.75, 3.05) is 25.0 Å². The zero-order valence-electron chi connectivity index (χ0n) is 20.6. The molecule has 7 nitrogen and oxygen atoms in total. The van der Waals surface area contributed by atoms with Crippen molar-refractivity contribution in [2.45, 2.75) is 46.6 Å². The second-order valence-electron chi connectivity index (χ2n) is 9.58. The molecule has 1 fully saturated rings. The number of nitrogens with zero attached hydrogens (tertiary/aromatic N) is 1. The number of rotatable bonds is 7. The van der Waals surface area contributed by atoms with Crippen LogP contribution < -0.4 is 16.0 Å². The van der Waals surface area contributed by atoms with E-state index < -0.39 is 6.04 Å². The molecule has 1 aliphatic heterocycles. The standard InChI is InChI=1S/C27H36N4O3/c1-18(2)17-28-26(33)24(30-25(32)22-9-5-19(3)6-10-22)21-13-15-31(16-14-21)27(34)29-23-11-7-20(4)8-12-23/h5-12,18,21,24H,13-17H2,1-4H3,(H,28,33)(H,29,34)(H,30,32). The maximum absolute atomic E-state index is 13.0. The summed E-state index contributed by atoms with van der Waals surface area (Å²) in [6.07, 6.45) is 1.27. The molecule has 0 bridgehead atoms. The van der Waals surface area contributed by atoms with Crippen LogP contribution in [-0.4, -0.2) is 48.4 Å². The van der Waals surface area contributed by atoms with E-state index in [0.29, 0.717) is 44.0 Å². The number of aryl methyl sites for hydroxylation is 2. The Morgan fingerprint density at radius 2 is 1.47 bits per heavy atom. The Labute approximate surface area is 202 Å². The predicted molar refractivity (Wildman–Crippen MR) is 135 cm³/mol. The maximum Gasteiger partial charge on any atom is 0.321 e. The van der Waals surface area contributed by atoms with Crippen LogP contribution in [0.4, 0.5) is 10.5 Å². The van der Waals surface area contributed by atoms with E-state index in [-0.39, 0.29) is 23.8 Å². The highest BCUT2D eigenvalue weighted by Gasteiger charge is 2.34. The Morgan fingerprint density at radius 3 is 2.03 bits per heavy atom. The number of hydrogen-bond acceptors (Lipinski definition) is 3. The zero-order chi connectivity index (χ0) is 24.7. The summed E-state index contributed by atoms with van der Waals surface area (Å²) in [6, 6.07) is 14.2. The van der Waals surface area contributed by atoms with Crippen LogP contribution in [0, 0.1) is 25.7 Å². The Hall–Kier alpha value is -3.35. The number of carbonyl (C=O) groups is 3.